The molecule has 0 heterocycles. The molecule has 4 N–H and O–H groups in total. The highest BCUT2D eigenvalue weighted by atomic mass is 16.6. The first-order valence-electron chi connectivity index (χ1n) is 6.47. The monoisotopic (exact) mass is 293 g/mol. The van der Waals surface area contributed by atoms with Gasteiger partial charge in [0, 0.05) is 17.7 Å². The Morgan fingerprint density at radius 3 is 2.67 bits per heavy atom. The van der Waals surface area contributed by atoms with Crippen LogP contribution in [0.15, 0.2) is 18.2 Å². The van der Waals surface area contributed by atoms with Crippen molar-refractivity contribution in [1.29, 1.82) is 0 Å². The molecule has 1 amide bonds. The number of nitrogens with zero attached hydrogens (tertiary/aromatic N) is 1. The number of hydrogen-bond donors (Lipinski definition) is 3. The van der Waals surface area contributed by atoms with Crippen LogP contribution in [0.1, 0.15) is 29.6 Å². The lowest BCUT2D eigenvalue weighted by Crippen LogP contribution is -2.30. The van der Waals surface area contributed by atoms with Crippen molar-refractivity contribution in [3.63, 3.8) is 0 Å². The van der Waals surface area contributed by atoms with Crippen molar-refractivity contribution >= 4 is 23.3 Å². The van der Waals surface area contributed by atoms with E-state index in [1.165, 1.54) is 12.1 Å². The summed E-state index contributed by atoms with van der Waals surface area (Å²) in [6.07, 6.45) is 1.92. The molecule has 8 heteroatoms. The van der Waals surface area contributed by atoms with Crippen LogP contribution in [0, 0.1) is 16.0 Å². The van der Waals surface area contributed by atoms with Gasteiger partial charge in [0.25, 0.3) is 5.69 Å². The highest BCUT2D eigenvalue weighted by Gasteiger charge is 2.34. The highest BCUT2D eigenvalue weighted by molar-refractivity contribution is 5.94. The number of carbonyl (C=O) groups excluding carboxylic acids is 1. The quantitative estimate of drug-likeness (QED) is 0.554. The van der Waals surface area contributed by atoms with Crippen molar-refractivity contribution in [3.05, 3.63) is 33.9 Å². The zero-order valence-corrected chi connectivity index (χ0v) is 11.1. The number of primary amides is 1. The van der Waals surface area contributed by atoms with Crippen LogP contribution in [-0.2, 0) is 4.79 Å². The Hall–Kier alpha value is -2.64. The Morgan fingerprint density at radius 1 is 1.38 bits per heavy atom. The fourth-order valence-electron chi connectivity index (χ4n) is 2.59. The van der Waals surface area contributed by atoms with Crippen LogP contribution in [0.5, 0.6) is 0 Å². The van der Waals surface area contributed by atoms with E-state index in [2.05, 4.69) is 5.32 Å². The summed E-state index contributed by atoms with van der Waals surface area (Å²) in [7, 11) is 0. The maximum Gasteiger partial charge on any atom is 0.308 e. The Balaban J connectivity index is 2.29. The van der Waals surface area contributed by atoms with Gasteiger partial charge in [0.1, 0.15) is 5.69 Å². The van der Waals surface area contributed by atoms with Crippen LogP contribution in [0.4, 0.5) is 11.4 Å². The van der Waals surface area contributed by atoms with Crippen molar-refractivity contribution in [1.82, 2.24) is 0 Å². The minimum absolute atomic E-state index is 0.0356. The molecule has 0 radical (unpaired) electrons. The van der Waals surface area contributed by atoms with E-state index in [0.717, 1.165) is 12.5 Å². The number of anilines is 1. The molecule has 0 spiro atoms. The second-order valence-corrected chi connectivity index (χ2v) is 4.98. The number of carbonyl (C=O) groups is 2. The summed E-state index contributed by atoms with van der Waals surface area (Å²) in [4.78, 5) is 32.7. The number of amides is 1. The minimum atomic E-state index is -0.915. The van der Waals surface area contributed by atoms with E-state index >= 15 is 0 Å². The number of nitro benzene ring substituents is 1. The maximum atomic E-state index is 11.1. The lowest BCUT2D eigenvalue weighted by molar-refractivity contribution is -0.384. The Labute approximate surface area is 120 Å². The second kappa shape index (κ2) is 5.78. The molecule has 2 rings (SSSR count). The van der Waals surface area contributed by atoms with E-state index in [-0.39, 0.29) is 23.0 Å². The van der Waals surface area contributed by atoms with Gasteiger partial charge in [-0.1, -0.05) is 6.42 Å². The SMILES string of the molecule is NC(=O)c1ccc(NC2CCCC2C(=O)O)c([N+](=O)[O-])c1. The molecule has 1 aliphatic carbocycles. The lowest BCUT2D eigenvalue weighted by atomic mass is 10.0. The first-order valence-corrected chi connectivity index (χ1v) is 6.47. The maximum absolute atomic E-state index is 11.1. The molecular formula is C13H15N3O5. The van der Waals surface area contributed by atoms with E-state index < -0.39 is 22.7 Å². The van der Waals surface area contributed by atoms with E-state index in [4.69, 9.17) is 10.8 Å². The van der Waals surface area contributed by atoms with Crippen LogP contribution in [0.3, 0.4) is 0 Å². The van der Waals surface area contributed by atoms with Crippen molar-refractivity contribution in [3.8, 4) is 0 Å². The van der Waals surface area contributed by atoms with Crippen LogP contribution < -0.4 is 11.1 Å². The van der Waals surface area contributed by atoms with Crippen molar-refractivity contribution < 1.29 is 19.6 Å². The summed E-state index contributed by atoms with van der Waals surface area (Å²) in [5.41, 5.74) is 5.04. The van der Waals surface area contributed by atoms with Crippen LogP contribution in [0.25, 0.3) is 0 Å². The number of rotatable bonds is 5. The second-order valence-electron chi connectivity index (χ2n) is 4.98. The first kappa shape index (κ1) is 14.8. The standard InChI is InChI=1S/C13H15N3O5/c14-12(17)7-4-5-10(11(6-7)16(20)21)15-9-3-1-2-8(9)13(18)19/h4-6,8-9,15H,1-3H2,(H2,14,17)(H,18,19). The molecule has 2 atom stereocenters. The predicted octanol–water partition coefficient (Wildman–Crippen LogP) is 1.36. The van der Waals surface area contributed by atoms with E-state index in [1.54, 1.807) is 0 Å². The summed E-state index contributed by atoms with van der Waals surface area (Å²) >= 11 is 0. The van der Waals surface area contributed by atoms with Gasteiger partial charge in [-0.25, -0.2) is 0 Å². The molecule has 2 unspecified atom stereocenters. The van der Waals surface area contributed by atoms with Gasteiger partial charge in [-0.15, -0.1) is 0 Å². The van der Waals surface area contributed by atoms with Crippen LogP contribution in [0.2, 0.25) is 0 Å². The molecule has 0 aromatic heterocycles. The summed E-state index contributed by atoms with van der Waals surface area (Å²) < 4.78 is 0. The van der Waals surface area contributed by atoms with Gasteiger partial charge >= 0.3 is 5.97 Å². The van der Waals surface area contributed by atoms with Gasteiger partial charge in [0.2, 0.25) is 5.91 Å². The fraction of sp³-hybridized carbons (Fsp3) is 0.385. The molecule has 0 bridgehead atoms. The third kappa shape index (κ3) is 3.10. The molecule has 1 saturated carbocycles. The predicted molar refractivity (Wildman–Crippen MR) is 74.0 cm³/mol. The van der Waals surface area contributed by atoms with Crippen LogP contribution in [-0.4, -0.2) is 27.9 Å². The number of nitrogens with one attached hydrogen (secondary N) is 1. The zero-order valence-electron chi connectivity index (χ0n) is 11.1. The topological polar surface area (TPSA) is 136 Å². The van der Waals surface area contributed by atoms with Gasteiger partial charge in [0.05, 0.1) is 10.8 Å². The molecule has 1 fully saturated rings. The van der Waals surface area contributed by atoms with Gasteiger partial charge in [-0.05, 0) is 25.0 Å². The average Bonchev–Trinajstić information content (AvgIpc) is 2.87. The third-order valence-electron chi connectivity index (χ3n) is 3.65. The molecule has 21 heavy (non-hydrogen) atoms. The minimum Gasteiger partial charge on any atom is -0.481 e. The number of benzene rings is 1. The molecule has 1 aromatic carbocycles. The van der Waals surface area contributed by atoms with Gasteiger partial charge < -0.3 is 16.2 Å². The van der Waals surface area contributed by atoms with Crippen molar-refractivity contribution in [2.24, 2.45) is 11.7 Å². The highest BCUT2D eigenvalue weighted by Crippen LogP contribution is 2.32. The number of hydrogen-bond acceptors (Lipinski definition) is 5. The van der Waals surface area contributed by atoms with Gasteiger partial charge in [-0.2, -0.15) is 0 Å². The number of carboxylic acid groups (broad SMARTS) is 1. The molecule has 112 valence electrons. The smallest absolute Gasteiger partial charge is 0.308 e. The Kier molecular flexibility index (Phi) is 4.06. The van der Waals surface area contributed by atoms with E-state index in [9.17, 15) is 19.7 Å². The number of nitro groups is 1. The summed E-state index contributed by atoms with van der Waals surface area (Å²) in [5, 5.41) is 23.1. The molecule has 1 aliphatic rings. The fourth-order valence-corrected chi connectivity index (χ4v) is 2.59. The molecule has 0 saturated heterocycles. The molecular weight excluding hydrogens is 278 g/mol. The van der Waals surface area contributed by atoms with Crippen molar-refractivity contribution in [2.75, 3.05) is 5.32 Å². The number of nitrogens with two attached hydrogens (primary N) is 1. The molecule has 0 aliphatic heterocycles. The Morgan fingerprint density at radius 2 is 2.10 bits per heavy atom. The molecule has 8 nitrogen and oxygen atoms in total. The summed E-state index contributed by atoms with van der Waals surface area (Å²) in [6.45, 7) is 0. The van der Waals surface area contributed by atoms with Gasteiger partial charge in [0.15, 0.2) is 0 Å². The lowest BCUT2D eigenvalue weighted by Gasteiger charge is -2.18. The van der Waals surface area contributed by atoms with E-state index in [0.29, 0.717) is 12.8 Å². The first-order chi connectivity index (χ1) is 9.90. The largest absolute Gasteiger partial charge is 0.481 e. The van der Waals surface area contributed by atoms with Gasteiger partial charge in [-0.3, -0.25) is 19.7 Å². The van der Waals surface area contributed by atoms with Crippen molar-refractivity contribution in [2.45, 2.75) is 25.3 Å². The van der Waals surface area contributed by atoms with Crippen LogP contribution >= 0.6 is 0 Å². The summed E-state index contributed by atoms with van der Waals surface area (Å²) in [5.74, 6) is -2.24. The normalized spacial score (nSPS) is 21.0. The average molecular weight is 293 g/mol. The summed E-state index contributed by atoms with van der Waals surface area (Å²) in [6, 6.07) is 3.49. The third-order valence-corrected chi connectivity index (χ3v) is 3.65. The number of carboxylic acids is 1. The number of aliphatic carboxylic acids is 1. The Bertz CT molecular complexity index is 601. The zero-order chi connectivity index (χ0) is 15.6. The van der Waals surface area contributed by atoms with E-state index in [1.807, 2.05) is 0 Å². The molecule has 1 aromatic rings.